The van der Waals surface area contributed by atoms with E-state index < -0.39 is 0 Å². The van der Waals surface area contributed by atoms with Crippen LogP contribution in [0.25, 0.3) is 0 Å². The summed E-state index contributed by atoms with van der Waals surface area (Å²) < 4.78 is 6.10. The fourth-order valence-corrected chi connectivity index (χ4v) is 6.04. The van der Waals surface area contributed by atoms with Gasteiger partial charge in [-0.15, -0.1) is 24.0 Å². The minimum atomic E-state index is 0. The third kappa shape index (κ3) is 4.42. The largest absolute Gasteiger partial charge is 0.377 e. The van der Waals surface area contributed by atoms with Crippen LogP contribution in [0.2, 0.25) is 0 Å². The number of hydrogen-bond donors (Lipinski definition) is 2. The highest BCUT2D eigenvalue weighted by atomic mass is 127. The van der Waals surface area contributed by atoms with E-state index in [-0.39, 0.29) is 24.0 Å². The van der Waals surface area contributed by atoms with Crippen LogP contribution >= 0.6 is 24.0 Å². The third-order valence-corrected chi connectivity index (χ3v) is 7.62. The minimum Gasteiger partial charge on any atom is -0.377 e. The number of rotatable bonds is 5. The normalized spacial score (nSPS) is 33.4. The van der Waals surface area contributed by atoms with Gasteiger partial charge in [0, 0.05) is 37.6 Å². The van der Waals surface area contributed by atoms with Crippen molar-refractivity contribution in [2.45, 2.75) is 70.4 Å². The molecule has 27 heavy (non-hydrogen) atoms. The first-order valence-electron chi connectivity index (χ1n) is 11.0. The first-order chi connectivity index (χ1) is 12.7. The third-order valence-electron chi connectivity index (χ3n) is 7.62. The van der Waals surface area contributed by atoms with E-state index in [0.717, 1.165) is 25.0 Å². The zero-order valence-electron chi connectivity index (χ0n) is 17.2. The molecule has 3 atom stereocenters. The molecule has 5 nitrogen and oxygen atoms in total. The Morgan fingerprint density at radius 1 is 1.19 bits per heavy atom. The molecule has 2 aliphatic heterocycles. The van der Waals surface area contributed by atoms with Crippen LogP contribution in [0.3, 0.4) is 0 Å². The Labute approximate surface area is 182 Å². The second kappa shape index (κ2) is 9.61. The maximum Gasteiger partial charge on any atom is 0.191 e. The van der Waals surface area contributed by atoms with Crippen LogP contribution in [0, 0.1) is 17.3 Å². The van der Waals surface area contributed by atoms with Gasteiger partial charge in [-0.05, 0) is 64.1 Å². The van der Waals surface area contributed by atoms with Gasteiger partial charge >= 0.3 is 0 Å². The van der Waals surface area contributed by atoms with Crippen molar-refractivity contribution < 1.29 is 4.74 Å². The lowest BCUT2D eigenvalue weighted by atomic mass is 9.54. The van der Waals surface area contributed by atoms with E-state index in [1.165, 1.54) is 71.0 Å². The molecule has 6 heteroatoms. The van der Waals surface area contributed by atoms with E-state index in [2.05, 4.69) is 27.4 Å². The first-order valence-corrected chi connectivity index (χ1v) is 11.0. The molecule has 0 radical (unpaired) electrons. The van der Waals surface area contributed by atoms with Crippen LogP contribution in [-0.4, -0.2) is 62.8 Å². The number of fused-ring (bicyclic) bond motifs is 2. The number of aliphatic imine (C=N–C) groups is 1. The van der Waals surface area contributed by atoms with Crippen LogP contribution in [0.4, 0.5) is 0 Å². The Bertz CT molecular complexity index is 500. The van der Waals surface area contributed by atoms with Gasteiger partial charge in [-0.3, -0.25) is 4.99 Å². The van der Waals surface area contributed by atoms with Crippen molar-refractivity contribution >= 4 is 29.9 Å². The van der Waals surface area contributed by atoms with Gasteiger partial charge in [0.1, 0.15) is 0 Å². The molecule has 4 rings (SSSR count). The molecule has 4 fully saturated rings. The van der Waals surface area contributed by atoms with Crippen LogP contribution in [0.15, 0.2) is 4.99 Å². The molecule has 2 aliphatic carbocycles. The molecule has 3 unspecified atom stereocenters. The quantitative estimate of drug-likeness (QED) is 0.269. The molecule has 0 aromatic carbocycles. The van der Waals surface area contributed by atoms with E-state index in [4.69, 9.17) is 4.74 Å². The summed E-state index contributed by atoms with van der Waals surface area (Å²) in [6, 6.07) is 0.562. The number of hydrogen-bond acceptors (Lipinski definition) is 3. The molecule has 156 valence electrons. The number of piperidine rings is 1. The summed E-state index contributed by atoms with van der Waals surface area (Å²) >= 11 is 0. The fraction of sp³-hybridized carbons (Fsp3) is 0.952. The van der Waals surface area contributed by atoms with Crippen molar-refractivity contribution in [3.05, 3.63) is 0 Å². The minimum absolute atomic E-state index is 0. The van der Waals surface area contributed by atoms with Crippen molar-refractivity contribution in [3.63, 3.8) is 0 Å². The fourth-order valence-electron chi connectivity index (χ4n) is 6.04. The summed E-state index contributed by atoms with van der Waals surface area (Å²) in [6.07, 6.45) is 11.1. The summed E-state index contributed by atoms with van der Waals surface area (Å²) in [4.78, 5) is 7.14. The van der Waals surface area contributed by atoms with E-state index >= 15 is 0 Å². The van der Waals surface area contributed by atoms with Crippen molar-refractivity contribution in [2.24, 2.45) is 22.2 Å². The predicted octanol–water partition coefficient (Wildman–Crippen LogP) is 3.24. The second-order valence-corrected chi connectivity index (χ2v) is 9.18. The van der Waals surface area contributed by atoms with Crippen LogP contribution in [0.5, 0.6) is 0 Å². The van der Waals surface area contributed by atoms with Crippen LogP contribution in [0.1, 0.15) is 58.3 Å². The van der Waals surface area contributed by atoms with Gasteiger partial charge in [0.15, 0.2) is 5.96 Å². The first kappa shape index (κ1) is 21.6. The second-order valence-electron chi connectivity index (χ2n) is 9.18. The molecule has 0 bridgehead atoms. The molecule has 0 aromatic heterocycles. The van der Waals surface area contributed by atoms with Gasteiger partial charge in [-0.25, -0.2) is 0 Å². The number of nitrogens with one attached hydrogen (secondary N) is 2. The average molecular weight is 490 g/mol. The number of halogens is 1. The SMILES string of the molecule is CN=C(NCCCN1CCC(C)CC1)NC1C2CCOC2C12CCCC2.I. The smallest absolute Gasteiger partial charge is 0.191 e. The van der Waals surface area contributed by atoms with E-state index in [1.54, 1.807) is 0 Å². The standard InChI is InChI=1S/C21H38N4O.HI/c1-16-6-13-25(14-7-16)12-5-11-23-20(22-2)24-18-17-8-15-26-19(17)21(18)9-3-4-10-21;/h16-19H,3-15H2,1-2H3,(H2,22,23,24);1H. The lowest BCUT2D eigenvalue weighted by Crippen LogP contribution is -2.69. The lowest BCUT2D eigenvalue weighted by molar-refractivity contribution is -0.125. The molecule has 4 aliphatic rings. The topological polar surface area (TPSA) is 48.9 Å². The highest BCUT2D eigenvalue weighted by Crippen LogP contribution is 2.60. The van der Waals surface area contributed by atoms with Crippen LogP contribution < -0.4 is 10.6 Å². The molecule has 0 aromatic rings. The zero-order chi connectivity index (χ0) is 18.0. The number of likely N-dealkylation sites (tertiary alicyclic amines) is 1. The summed E-state index contributed by atoms with van der Waals surface area (Å²) in [5, 5.41) is 7.37. The molecular weight excluding hydrogens is 451 g/mol. The summed E-state index contributed by atoms with van der Waals surface area (Å²) in [5.41, 5.74) is 0.392. The summed E-state index contributed by atoms with van der Waals surface area (Å²) in [6.45, 7) is 8.12. The van der Waals surface area contributed by atoms with Crippen molar-refractivity contribution in [1.82, 2.24) is 15.5 Å². The van der Waals surface area contributed by atoms with Gasteiger partial charge in [0.05, 0.1) is 6.10 Å². The predicted molar refractivity (Wildman–Crippen MR) is 122 cm³/mol. The van der Waals surface area contributed by atoms with Gasteiger partial charge in [0.25, 0.3) is 0 Å². The van der Waals surface area contributed by atoms with Crippen LogP contribution in [-0.2, 0) is 4.74 Å². The molecule has 2 heterocycles. The summed E-state index contributed by atoms with van der Waals surface area (Å²) in [7, 11) is 1.91. The van der Waals surface area contributed by atoms with Crippen molar-refractivity contribution in [1.29, 1.82) is 0 Å². The number of ether oxygens (including phenoxy) is 1. The van der Waals surface area contributed by atoms with E-state index in [0.29, 0.717) is 23.5 Å². The Kier molecular flexibility index (Phi) is 7.70. The van der Waals surface area contributed by atoms with Crippen molar-refractivity contribution in [2.75, 3.05) is 39.8 Å². The molecule has 1 spiro atoms. The molecule has 2 N–H and O–H groups in total. The number of nitrogens with zero attached hydrogens (tertiary/aromatic N) is 2. The lowest BCUT2D eigenvalue weighted by Gasteiger charge is -2.57. The molecule has 0 amide bonds. The van der Waals surface area contributed by atoms with Gasteiger partial charge in [-0.1, -0.05) is 19.8 Å². The Hall–Kier alpha value is -0.0800. The highest BCUT2D eigenvalue weighted by molar-refractivity contribution is 14.0. The van der Waals surface area contributed by atoms with Gasteiger partial charge in [0.2, 0.25) is 0 Å². The van der Waals surface area contributed by atoms with E-state index in [1.807, 2.05) is 7.05 Å². The molecule has 2 saturated heterocycles. The highest BCUT2D eigenvalue weighted by Gasteiger charge is 2.65. The zero-order valence-corrected chi connectivity index (χ0v) is 19.5. The Balaban J connectivity index is 0.00000210. The average Bonchev–Trinajstić information content (AvgIpc) is 3.31. The van der Waals surface area contributed by atoms with Gasteiger partial charge in [-0.2, -0.15) is 0 Å². The molecule has 2 saturated carbocycles. The van der Waals surface area contributed by atoms with E-state index in [9.17, 15) is 0 Å². The van der Waals surface area contributed by atoms with Gasteiger partial charge < -0.3 is 20.3 Å². The maximum absolute atomic E-state index is 6.10. The Morgan fingerprint density at radius 2 is 1.93 bits per heavy atom. The maximum atomic E-state index is 6.10. The Morgan fingerprint density at radius 3 is 2.63 bits per heavy atom. The molecular formula is C21H39IN4O. The number of guanidine groups is 1. The summed E-state index contributed by atoms with van der Waals surface area (Å²) in [5.74, 6) is 2.61. The van der Waals surface area contributed by atoms with Crippen molar-refractivity contribution in [3.8, 4) is 0 Å². The monoisotopic (exact) mass is 490 g/mol.